The van der Waals surface area contributed by atoms with Gasteiger partial charge in [0.05, 0.1) is 11.0 Å². The van der Waals surface area contributed by atoms with Crippen LogP contribution in [0.4, 0.5) is 17.1 Å². The van der Waals surface area contributed by atoms with Crippen molar-refractivity contribution in [3.63, 3.8) is 0 Å². The first kappa shape index (κ1) is 33.0. The SMILES string of the molecule is C1=Cc2c(cc(-c3ccc(N(c4ccc(-c5ccccc5)cc4)c4ccc(-n5c6ccccc6c6ccccc65)cc4)cc3)c3nc(-c4ccccc4)oc23)CC1. The second-order valence-electron chi connectivity index (χ2n) is 14.7. The van der Waals surface area contributed by atoms with Crippen molar-refractivity contribution in [2.24, 2.45) is 0 Å². The Morgan fingerprint density at radius 1 is 0.509 bits per heavy atom. The van der Waals surface area contributed by atoms with Crippen LogP contribution in [-0.2, 0) is 6.42 Å². The molecule has 0 amide bonds. The first-order valence-corrected chi connectivity index (χ1v) is 19.6. The van der Waals surface area contributed by atoms with Crippen molar-refractivity contribution in [3.8, 4) is 39.4 Å². The smallest absolute Gasteiger partial charge is 0.227 e. The number of para-hydroxylation sites is 2. The maximum absolute atomic E-state index is 6.55. The summed E-state index contributed by atoms with van der Waals surface area (Å²) < 4.78 is 8.91. The monoisotopic (exact) mass is 731 g/mol. The van der Waals surface area contributed by atoms with Gasteiger partial charge in [-0.15, -0.1) is 0 Å². The van der Waals surface area contributed by atoms with E-state index in [1.54, 1.807) is 0 Å². The van der Waals surface area contributed by atoms with Gasteiger partial charge in [0.1, 0.15) is 5.52 Å². The fraction of sp³-hybridized carbons (Fsp3) is 0.0377. The third kappa shape index (κ3) is 5.73. The molecule has 11 rings (SSSR count). The summed E-state index contributed by atoms with van der Waals surface area (Å²) >= 11 is 0. The Kier molecular flexibility index (Phi) is 7.92. The number of hydrogen-bond donors (Lipinski definition) is 0. The third-order valence-corrected chi connectivity index (χ3v) is 11.3. The molecule has 1 aliphatic rings. The van der Waals surface area contributed by atoms with E-state index in [-0.39, 0.29) is 0 Å². The molecule has 0 unspecified atom stereocenters. The summed E-state index contributed by atoms with van der Waals surface area (Å²) in [7, 11) is 0. The van der Waals surface area contributed by atoms with Crippen molar-refractivity contribution < 1.29 is 4.42 Å². The molecule has 57 heavy (non-hydrogen) atoms. The van der Waals surface area contributed by atoms with Crippen LogP contribution in [0, 0.1) is 0 Å². The fourth-order valence-electron chi connectivity index (χ4n) is 8.53. The van der Waals surface area contributed by atoms with E-state index in [1.807, 2.05) is 18.2 Å². The summed E-state index contributed by atoms with van der Waals surface area (Å²) in [5.41, 5.74) is 16.5. The zero-order valence-corrected chi connectivity index (χ0v) is 31.2. The number of aryl methyl sites for hydroxylation is 1. The first-order valence-electron chi connectivity index (χ1n) is 19.6. The van der Waals surface area contributed by atoms with Crippen molar-refractivity contribution in [1.29, 1.82) is 0 Å². The Morgan fingerprint density at radius 3 is 1.67 bits per heavy atom. The molecule has 2 heterocycles. The lowest BCUT2D eigenvalue weighted by Gasteiger charge is -2.26. The number of aromatic nitrogens is 2. The molecule has 1 aliphatic carbocycles. The molecule has 4 heteroatoms. The normalized spacial score (nSPS) is 12.4. The molecule has 2 aromatic heterocycles. The van der Waals surface area contributed by atoms with Gasteiger partial charge in [-0.1, -0.05) is 121 Å². The van der Waals surface area contributed by atoms with E-state index in [0.29, 0.717) is 5.89 Å². The van der Waals surface area contributed by atoms with Gasteiger partial charge in [0.15, 0.2) is 5.58 Å². The molecule has 0 atom stereocenters. The largest absolute Gasteiger partial charge is 0.435 e. The van der Waals surface area contributed by atoms with Gasteiger partial charge < -0.3 is 13.9 Å². The summed E-state index contributed by atoms with van der Waals surface area (Å²) in [6.45, 7) is 0. The van der Waals surface area contributed by atoms with Crippen LogP contribution in [0.1, 0.15) is 17.5 Å². The quantitative estimate of drug-likeness (QED) is 0.164. The van der Waals surface area contributed by atoms with Crippen LogP contribution in [-0.4, -0.2) is 9.55 Å². The molecule has 4 nitrogen and oxygen atoms in total. The average Bonchev–Trinajstić information content (AvgIpc) is 3.89. The first-order chi connectivity index (χ1) is 28.3. The molecule has 0 saturated carbocycles. The van der Waals surface area contributed by atoms with Gasteiger partial charge in [-0.2, -0.15) is 0 Å². The van der Waals surface area contributed by atoms with Crippen LogP contribution in [0.3, 0.4) is 0 Å². The molecule has 0 N–H and O–H groups in total. The lowest BCUT2D eigenvalue weighted by Crippen LogP contribution is -2.10. The number of nitrogens with zero attached hydrogens (tertiary/aromatic N) is 3. The van der Waals surface area contributed by atoms with E-state index in [1.165, 1.54) is 38.5 Å². The molecular weight excluding hydrogens is 695 g/mol. The van der Waals surface area contributed by atoms with Crippen molar-refractivity contribution in [2.45, 2.75) is 12.8 Å². The molecule has 0 bridgehead atoms. The van der Waals surface area contributed by atoms with Crippen LogP contribution in [0.5, 0.6) is 0 Å². The van der Waals surface area contributed by atoms with E-state index in [9.17, 15) is 0 Å². The topological polar surface area (TPSA) is 34.2 Å². The minimum atomic E-state index is 0.644. The van der Waals surface area contributed by atoms with Gasteiger partial charge in [0.25, 0.3) is 0 Å². The van der Waals surface area contributed by atoms with Gasteiger partial charge in [0, 0.05) is 50.2 Å². The van der Waals surface area contributed by atoms with Gasteiger partial charge in [-0.3, -0.25) is 0 Å². The molecule has 0 aliphatic heterocycles. The number of benzene rings is 8. The Morgan fingerprint density at radius 2 is 1.04 bits per heavy atom. The number of hydrogen-bond acceptors (Lipinski definition) is 3. The Hall–Kier alpha value is -7.43. The predicted molar refractivity (Wildman–Crippen MR) is 237 cm³/mol. The summed E-state index contributed by atoms with van der Waals surface area (Å²) in [6, 6.07) is 67.1. The lowest BCUT2D eigenvalue weighted by molar-refractivity contribution is 0.618. The highest BCUT2D eigenvalue weighted by Crippen LogP contribution is 2.41. The second kappa shape index (κ2) is 13.7. The molecule has 10 aromatic rings. The Bertz CT molecular complexity index is 3030. The molecule has 8 aromatic carbocycles. The van der Waals surface area contributed by atoms with Gasteiger partial charge in [-0.25, -0.2) is 4.98 Å². The molecular formula is C53H37N3O. The van der Waals surface area contributed by atoms with Crippen LogP contribution in [0.25, 0.3) is 78.4 Å². The Balaban J connectivity index is 1.02. The maximum atomic E-state index is 6.55. The van der Waals surface area contributed by atoms with Crippen molar-refractivity contribution in [3.05, 3.63) is 205 Å². The lowest BCUT2D eigenvalue weighted by atomic mass is 9.91. The van der Waals surface area contributed by atoms with E-state index in [4.69, 9.17) is 9.40 Å². The van der Waals surface area contributed by atoms with Gasteiger partial charge in [0.2, 0.25) is 5.89 Å². The van der Waals surface area contributed by atoms with E-state index >= 15 is 0 Å². The van der Waals surface area contributed by atoms with Gasteiger partial charge in [-0.05, 0) is 114 Å². The molecule has 270 valence electrons. The highest BCUT2D eigenvalue weighted by Gasteiger charge is 2.21. The number of anilines is 3. The zero-order valence-electron chi connectivity index (χ0n) is 31.2. The zero-order chi connectivity index (χ0) is 37.7. The summed E-state index contributed by atoms with van der Waals surface area (Å²) in [4.78, 5) is 7.45. The standard InChI is InChI=1S/C53H37N3O/c1-3-13-36(14-4-1)37-23-27-41(28-24-37)55(43-31-33-44(34-32-43)56-49-21-11-9-19-46(49)47-20-10-12-22-50(47)56)42-29-25-38(26-30-42)48-35-40-17-7-8-18-45(40)52-51(48)54-53(57-52)39-15-5-2-6-16-39/h1-6,8-16,18-35H,7,17H2. The van der Waals surface area contributed by atoms with Crippen molar-refractivity contribution >= 4 is 56.0 Å². The summed E-state index contributed by atoms with van der Waals surface area (Å²) in [5.74, 6) is 0.644. The number of fused-ring (bicyclic) bond motifs is 6. The number of oxazole rings is 1. The Labute approximate surface area is 331 Å². The average molecular weight is 732 g/mol. The third-order valence-electron chi connectivity index (χ3n) is 11.3. The van der Waals surface area contributed by atoms with E-state index in [2.05, 4.69) is 191 Å². The van der Waals surface area contributed by atoms with E-state index < -0.39 is 0 Å². The minimum absolute atomic E-state index is 0.644. The van der Waals surface area contributed by atoms with Crippen molar-refractivity contribution in [2.75, 3.05) is 4.90 Å². The second-order valence-corrected chi connectivity index (χ2v) is 14.7. The van der Waals surface area contributed by atoms with Crippen LogP contribution in [0.2, 0.25) is 0 Å². The van der Waals surface area contributed by atoms with Crippen LogP contribution >= 0.6 is 0 Å². The summed E-state index contributed by atoms with van der Waals surface area (Å²) in [6.07, 6.45) is 6.43. The summed E-state index contributed by atoms with van der Waals surface area (Å²) in [5, 5.41) is 2.51. The fourth-order valence-corrected chi connectivity index (χ4v) is 8.53. The van der Waals surface area contributed by atoms with Crippen molar-refractivity contribution in [1.82, 2.24) is 9.55 Å². The highest BCUT2D eigenvalue weighted by molar-refractivity contribution is 6.09. The maximum Gasteiger partial charge on any atom is 0.227 e. The predicted octanol–water partition coefficient (Wildman–Crippen LogP) is 14.4. The number of allylic oxidation sites excluding steroid dienone is 1. The van der Waals surface area contributed by atoms with E-state index in [0.717, 1.165) is 68.9 Å². The molecule has 0 radical (unpaired) electrons. The van der Waals surface area contributed by atoms with Gasteiger partial charge >= 0.3 is 0 Å². The molecule has 0 fully saturated rings. The minimum Gasteiger partial charge on any atom is -0.435 e. The highest BCUT2D eigenvalue weighted by atomic mass is 16.3. The molecule has 0 spiro atoms. The number of rotatable bonds is 7. The van der Waals surface area contributed by atoms with Crippen LogP contribution < -0.4 is 4.90 Å². The van der Waals surface area contributed by atoms with Crippen LogP contribution in [0.15, 0.2) is 199 Å². The molecule has 0 saturated heterocycles.